The van der Waals surface area contributed by atoms with Gasteiger partial charge in [0.05, 0.1) is 19.3 Å². The molecule has 2 aromatic rings. The minimum atomic E-state index is 0.407. The Morgan fingerprint density at radius 3 is 2.91 bits per heavy atom. The monoisotopic (exact) mass is 315 g/mol. The van der Waals surface area contributed by atoms with Gasteiger partial charge in [-0.05, 0) is 22.7 Å². The molecule has 3 heterocycles. The molecule has 5 heteroatoms. The lowest BCUT2D eigenvalue weighted by Crippen LogP contribution is -2.58. The molecule has 0 amide bonds. The normalized spacial score (nSPS) is 26.7. The van der Waals surface area contributed by atoms with Gasteiger partial charge in [-0.1, -0.05) is 30.3 Å². The number of ether oxygens (including phenoxy) is 1. The molecular formula is C17H21N3OS. The van der Waals surface area contributed by atoms with Gasteiger partial charge in [0, 0.05) is 43.8 Å². The molecule has 2 fully saturated rings. The first-order chi connectivity index (χ1) is 10.9. The highest BCUT2D eigenvalue weighted by atomic mass is 32.1. The van der Waals surface area contributed by atoms with Crippen molar-refractivity contribution in [3.05, 3.63) is 53.0 Å². The lowest BCUT2D eigenvalue weighted by molar-refractivity contribution is -0.0835. The fourth-order valence-corrected chi connectivity index (χ4v) is 4.10. The number of benzene rings is 1. The van der Waals surface area contributed by atoms with Gasteiger partial charge in [0.1, 0.15) is 0 Å². The molecule has 1 aromatic carbocycles. The summed E-state index contributed by atoms with van der Waals surface area (Å²) in [5, 5.41) is 2.15. The van der Waals surface area contributed by atoms with Gasteiger partial charge in [0.2, 0.25) is 0 Å². The van der Waals surface area contributed by atoms with Crippen molar-refractivity contribution in [3.63, 3.8) is 0 Å². The van der Waals surface area contributed by atoms with E-state index in [1.165, 1.54) is 22.7 Å². The van der Waals surface area contributed by atoms with E-state index >= 15 is 0 Å². The number of piperazine rings is 1. The quantitative estimate of drug-likeness (QED) is 0.870. The van der Waals surface area contributed by atoms with E-state index < -0.39 is 0 Å². The van der Waals surface area contributed by atoms with Crippen molar-refractivity contribution in [2.24, 2.45) is 0 Å². The summed E-state index contributed by atoms with van der Waals surface area (Å²) in [5.41, 5.74) is 2.71. The Balaban J connectivity index is 1.45. The molecule has 116 valence electrons. The molecule has 2 aliphatic rings. The summed E-state index contributed by atoms with van der Waals surface area (Å²) in [4.78, 5) is 5.17. The molecule has 0 radical (unpaired) electrons. The summed E-state index contributed by atoms with van der Waals surface area (Å²) in [7, 11) is 0. The zero-order chi connectivity index (χ0) is 14.8. The maximum atomic E-state index is 5.91. The molecule has 0 saturated carbocycles. The molecule has 22 heavy (non-hydrogen) atoms. The number of nitrogens with zero attached hydrogens (tertiary/aromatic N) is 3. The van der Waals surface area contributed by atoms with Crippen molar-refractivity contribution in [1.29, 1.82) is 0 Å². The number of hydrogen-bond acceptors (Lipinski definition) is 5. The van der Waals surface area contributed by atoms with Crippen molar-refractivity contribution in [2.45, 2.75) is 18.6 Å². The van der Waals surface area contributed by atoms with E-state index in [-0.39, 0.29) is 0 Å². The first-order valence-corrected chi connectivity index (χ1v) is 8.73. The smallest absolute Gasteiger partial charge is 0.0664 e. The van der Waals surface area contributed by atoms with Crippen LogP contribution in [0.15, 0.2) is 41.9 Å². The molecular weight excluding hydrogens is 294 g/mol. The van der Waals surface area contributed by atoms with Crippen molar-refractivity contribution in [2.75, 3.05) is 32.8 Å². The fraction of sp³-hybridized carbons (Fsp3) is 0.471. The molecule has 0 N–H and O–H groups in total. The second-order valence-corrected chi connectivity index (χ2v) is 6.78. The van der Waals surface area contributed by atoms with Crippen LogP contribution in [0.1, 0.15) is 17.2 Å². The van der Waals surface area contributed by atoms with Crippen molar-refractivity contribution in [3.8, 4) is 0 Å². The number of rotatable bonds is 3. The van der Waals surface area contributed by atoms with E-state index in [2.05, 4.69) is 49.9 Å². The highest BCUT2D eigenvalue weighted by Gasteiger charge is 2.36. The number of aromatic nitrogens is 1. The number of morpholine rings is 1. The first kappa shape index (κ1) is 14.3. The van der Waals surface area contributed by atoms with E-state index in [0.29, 0.717) is 12.1 Å². The third-order valence-electron chi connectivity index (χ3n) is 4.67. The van der Waals surface area contributed by atoms with Gasteiger partial charge in [-0.25, -0.2) is 4.37 Å². The molecule has 0 aliphatic carbocycles. The average Bonchev–Trinajstić information content (AvgIpc) is 3.08. The first-order valence-electron chi connectivity index (χ1n) is 7.89. The van der Waals surface area contributed by atoms with Gasteiger partial charge in [0.15, 0.2) is 0 Å². The number of hydrogen-bond donors (Lipinski definition) is 0. The van der Waals surface area contributed by atoms with Crippen LogP contribution in [-0.4, -0.2) is 53.1 Å². The Bertz CT molecular complexity index is 589. The van der Waals surface area contributed by atoms with Gasteiger partial charge in [-0.15, -0.1) is 0 Å². The van der Waals surface area contributed by atoms with E-state index in [1.54, 1.807) is 0 Å². The maximum Gasteiger partial charge on any atom is 0.0664 e. The minimum absolute atomic E-state index is 0.407. The summed E-state index contributed by atoms with van der Waals surface area (Å²) in [5.74, 6) is 0. The molecule has 1 aromatic heterocycles. The minimum Gasteiger partial charge on any atom is -0.378 e. The maximum absolute atomic E-state index is 5.91. The van der Waals surface area contributed by atoms with Gasteiger partial charge >= 0.3 is 0 Å². The van der Waals surface area contributed by atoms with Crippen LogP contribution in [0.2, 0.25) is 0 Å². The van der Waals surface area contributed by atoms with Crippen LogP contribution in [0.4, 0.5) is 0 Å². The molecule has 0 spiro atoms. The predicted molar refractivity (Wildman–Crippen MR) is 87.9 cm³/mol. The standard InChI is InChI=1S/C17H21N3OS/c1-2-4-15(5-3-1)17-12-21-11-16-10-19(6-7-20(16)17)9-14-8-18-22-13-14/h1-5,8,13,16-17H,6-7,9-12H2/t16-,17-/m1/s1. The summed E-state index contributed by atoms with van der Waals surface area (Å²) in [6.07, 6.45) is 1.99. The van der Waals surface area contributed by atoms with E-state index in [4.69, 9.17) is 4.74 Å². The van der Waals surface area contributed by atoms with Crippen LogP contribution in [0, 0.1) is 0 Å². The topological polar surface area (TPSA) is 28.6 Å². The second kappa shape index (κ2) is 6.46. The summed E-state index contributed by atoms with van der Waals surface area (Å²) in [6, 6.07) is 11.7. The van der Waals surface area contributed by atoms with Crippen LogP contribution in [0.5, 0.6) is 0 Å². The number of fused-ring (bicyclic) bond motifs is 1. The zero-order valence-corrected chi connectivity index (χ0v) is 13.4. The SMILES string of the molecule is c1ccc([C@H]2COC[C@H]3CN(Cc4cnsc4)CCN32)cc1. The molecule has 0 bridgehead atoms. The van der Waals surface area contributed by atoms with Crippen LogP contribution in [0.3, 0.4) is 0 Å². The van der Waals surface area contributed by atoms with E-state index in [1.807, 2.05) is 6.20 Å². The molecule has 4 nitrogen and oxygen atoms in total. The van der Waals surface area contributed by atoms with Crippen LogP contribution in [0.25, 0.3) is 0 Å². The van der Waals surface area contributed by atoms with Crippen LogP contribution >= 0.6 is 11.5 Å². The predicted octanol–water partition coefficient (Wildman–Crippen LogP) is 2.40. The van der Waals surface area contributed by atoms with Gasteiger partial charge in [0.25, 0.3) is 0 Å². The van der Waals surface area contributed by atoms with Gasteiger partial charge in [-0.3, -0.25) is 9.80 Å². The second-order valence-electron chi connectivity index (χ2n) is 6.12. The summed E-state index contributed by atoms with van der Waals surface area (Å²) in [6.45, 7) is 5.99. The Morgan fingerprint density at radius 1 is 1.18 bits per heavy atom. The average molecular weight is 315 g/mol. The summed E-state index contributed by atoms with van der Waals surface area (Å²) < 4.78 is 10.1. The van der Waals surface area contributed by atoms with Crippen molar-refractivity contribution in [1.82, 2.24) is 14.2 Å². The van der Waals surface area contributed by atoms with Gasteiger partial charge in [-0.2, -0.15) is 0 Å². The lowest BCUT2D eigenvalue weighted by Gasteiger charge is -2.48. The van der Waals surface area contributed by atoms with Crippen molar-refractivity contribution < 1.29 is 4.74 Å². The zero-order valence-electron chi connectivity index (χ0n) is 12.6. The Hall–Kier alpha value is -1.27. The van der Waals surface area contributed by atoms with E-state index in [0.717, 1.165) is 39.4 Å². The van der Waals surface area contributed by atoms with Crippen LogP contribution in [-0.2, 0) is 11.3 Å². The molecule has 2 atom stereocenters. The molecule has 4 rings (SSSR count). The highest BCUT2D eigenvalue weighted by molar-refractivity contribution is 7.03. The van der Waals surface area contributed by atoms with Gasteiger partial charge < -0.3 is 4.74 Å². The highest BCUT2D eigenvalue weighted by Crippen LogP contribution is 2.29. The molecule has 0 unspecified atom stereocenters. The van der Waals surface area contributed by atoms with Crippen LogP contribution < -0.4 is 0 Å². The summed E-state index contributed by atoms with van der Waals surface area (Å²) >= 11 is 1.54. The fourth-order valence-electron chi connectivity index (χ4n) is 3.57. The third-order valence-corrected chi connectivity index (χ3v) is 5.31. The molecule has 2 aliphatic heterocycles. The largest absolute Gasteiger partial charge is 0.378 e. The molecule has 2 saturated heterocycles. The third kappa shape index (κ3) is 2.94. The van der Waals surface area contributed by atoms with Crippen molar-refractivity contribution >= 4 is 11.5 Å². The van der Waals surface area contributed by atoms with E-state index in [9.17, 15) is 0 Å². The Labute approximate surface area is 135 Å². The Kier molecular flexibility index (Phi) is 4.21. The lowest BCUT2D eigenvalue weighted by atomic mass is 10.00. The Morgan fingerprint density at radius 2 is 2.09 bits per heavy atom.